The quantitative estimate of drug-likeness (QED) is 0.655. The van der Waals surface area contributed by atoms with Gasteiger partial charge in [0, 0.05) is 17.8 Å². The van der Waals surface area contributed by atoms with E-state index in [0.717, 1.165) is 11.1 Å². The van der Waals surface area contributed by atoms with Gasteiger partial charge in [-0.2, -0.15) is 0 Å². The number of benzene rings is 3. The summed E-state index contributed by atoms with van der Waals surface area (Å²) in [6.07, 6.45) is 0.923. The van der Waals surface area contributed by atoms with Crippen molar-refractivity contribution < 1.29 is 14.0 Å². The Morgan fingerprint density at radius 1 is 0.786 bits per heavy atom. The van der Waals surface area contributed by atoms with Gasteiger partial charge in [0.05, 0.1) is 6.42 Å². The number of hydrogen-bond acceptors (Lipinski definition) is 2. The summed E-state index contributed by atoms with van der Waals surface area (Å²) in [6.45, 7) is 0.458. The number of nitrogens with one attached hydrogen (secondary N) is 2. The number of halogens is 1. The topological polar surface area (TPSA) is 58.2 Å². The number of hydrogen-bond donors (Lipinski definition) is 2. The molecule has 2 amide bonds. The second-order valence-electron chi connectivity index (χ2n) is 6.42. The molecule has 0 aliphatic heterocycles. The molecule has 0 unspecified atom stereocenters. The van der Waals surface area contributed by atoms with Crippen molar-refractivity contribution in [1.82, 2.24) is 5.32 Å². The van der Waals surface area contributed by atoms with Crippen LogP contribution in [0.5, 0.6) is 0 Å². The van der Waals surface area contributed by atoms with Gasteiger partial charge in [-0.05, 0) is 53.9 Å². The first-order valence-electron chi connectivity index (χ1n) is 9.06. The minimum absolute atomic E-state index is 0.109. The average Bonchev–Trinajstić information content (AvgIpc) is 2.70. The molecule has 28 heavy (non-hydrogen) atoms. The molecule has 0 aliphatic carbocycles. The lowest BCUT2D eigenvalue weighted by Gasteiger charge is -2.08. The monoisotopic (exact) mass is 376 g/mol. The van der Waals surface area contributed by atoms with Gasteiger partial charge in [-0.25, -0.2) is 4.39 Å². The molecule has 0 aliphatic rings. The number of carbonyl (C=O) groups is 2. The van der Waals surface area contributed by atoms with Crippen LogP contribution in [0, 0.1) is 5.82 Å². The van der Waals surface area contributed by atoms with Gasteiger partial charge < -0.3 is 10.6 Å². The van der Waals surface area contributed by atoms with Gasteiger partial charge in [-0.1, -0.05) is 42.5 Å². The number of rotatable bonds is 7. The maximum absolute atomic E-state index is 12.9. The zero-order valence-corrected chi connectivity index (χ0v) is 15.3. The molecule has 0 heterocycles. The molecule has 0 fully saturated rings. The van der Waals surface area contributed by atoms with Crippen molar-refractivity contribution in [1.29, 1.82) is 0 Å². The molecule has 0 bridgehead atoms. The number of carbonyl (C=O) groups excluding carboxylic acids is 2. The maximum atomic E-state index is 12.9. The van der Waals surface area contributed by atoms with Gasteiger partial charge in [0.2, 0.25) is 5.91 Å². The van der Waals surface area contributed by atoms with Crippen LogP contribution in [0.25, 0.3) is 0 Å². The molecule has 5 heteroatoms. The standard InChI is InChI=1S/C23H21FN2O2/c24-20-10-6-17(7-11-20)14-15-25-23(28)19-8-12-21(13-9-19)26-22(27)16-18-4-2-1-3-5-18/h1-13H,14-16H2,(H,25,28)(H,26,27). The van der Waals surface area contributed by atoms with Gasteiger partial charge in [0.1, 0.15) is 5.82 Å². The molecule has 0 aromatic heterocycles. The van der Waals surface area contributed by atoms with Gasteiger partial charge >= 0.3 is 0 Å². The van der Waals surface area contributed by atoms with E-state index in [1.807, 2.05) is 30.3 Å². The maximum Gasteiger partial charge on any atom is 0.251 e. The van der Waals surface area contributed by atoms with Crippen LogP contribution in [0.2, 0.25) is 0 Å². The SMILES string of the molecule is O=C(Cc1ccccc1)Nc1ccc(C(=O)NCCc2ccc(F)cc2)cc1. The van der Waals surface area contributed by atoms with Crippen LogP contribution in [0.3, 0.4) is 0 Å². The van der Waals surface area contributed by atoms with Gasteiger partial charge in [0.15, 0.2) is 0 Å². The van der Waals surface area contributed by atoms with E-state index in [4.69, 9.17) is 0 Å². The smallest absolute Gasteiger partial charge is 0.251 e. The highest BCUT2D eigenvalue weighted by Gasteiger charge is 2.07. The molecule has 0 radical (unpaired) electrons. The molecule has 0 saturated heterocycles. The van der Waals surface area contributed by atoms with Crippen LogP contribution in [-0.2, 0) is 17.6 Å². The van der Waals surface area contributed by atoms with Crippen LogP contribution in [0.4, 0.5) is 10.1 Å². The fraction of sp³-hybridized carbons (Fsp3) is 0.130. The van der Waals surface area contributed by atoms with Crippen LogP contribution >= 0.6 is 0 Å². The summed E-state index contributed by atoms with van der Waals surface area (Å²) in [7, 11) is 0. The Hall–Kier alpha value is -3.47. The fourth-order valence-corrected chi connectivity index (χ4v) is 2.76. The first-order valence-corrected chi connectivity index (χ1v) is 9.06. The third-order valence-electron chi connectivity index (χ3n) is 4.25. The van der Waals surface area contributed by atoms with Crippen LogP contribution in [0.1, 0.15) is 21.5 Å². The van der Waals surface area contributed by atoms with Crippen LogP contribution in [-0.4, -0.2) is 18.4 Å². The van der Waals surface area contributed by atoms with Crippen molar-refractivity contribution >= 4 is 17.5 Å². The Balaban J connectivity index is 1.47. The van der Waals surface area contributed by atoms with Crippen molar-refractivity contribution in [2.24, 2.45) is 0 Å². The number of anilines is 1. The molecule has 142 valence electrons. The van der Waals surface area contributed by atoms with E-state index in [-0.39, 0.29) is 17.6 Å². The van der Waals surface area contributed by atoms with Crippen LogP contribution in [0.15, 0.2) is 78.9 Å². The minimum Gasteiger partial charge on any atom is -0.352 e. The average molecular weight is 376 g/mol. The Morgan fingerprint density at radius 3 is 2.14 bits per heavy atom. The largest absolute Gasteiger partial charge is 0.352 e. The van der Waals surface area contributed by atoms with Crippen molar-refractivity contribution in [3.63, 3.8) is 0 Å². The molecular formula is C23H21FN2O2. The van der Waals surface area contributed by atoms with Crippen molar-refractivity contribution in [2.45, 2.75) is 12.8 Å². The summed E-state index contributed by atoms with van der Waals surface area (Å²) in [5.41, 5.74) is 3.05. The molecular weight excluding hydrogens is 355 g/mol. The lowest BCUT2D eigenvalue weighted by molar-refractivity contribution is -0.115. The van der Waals surface area contributed by atoms with E-state index in [0.29, 0.717) is 30.6 Å². The molecule has 4 nitrogen and oxygen atoms in total. The highest BCUT2D eigenvalue weighted by atomic mass is 19.1. The summed E-state index contributed by atoms with van der Waals surface area (Å²) in [4.78, 5) is 24.3. The summed E-state index contributed by atoms with van der Waals surface area (Å²) in [5.74, 6) is -0.573. The van der Waals surface area contributed by atoms with Crippen molar-refractivity contribution in [2.75, 3.05) is 11.9 Å². The predicted octanol–water partition coefficient (Wildman–Crippen LogP) is 3.98. The van der Waals surface area contributed by atoms with Crippen LogP contribution < -0.4 is 10.6 Å². The Bertz CT molecular complexity index is 923. The number of amides is 2. The molecule has 0 atom stereocenters. The zero-order valence-electron chi connectivity index (χ0n) is 15.3. The molecule has 0 spiro atoms. The van der Waals surface area contributed by atoms with Gasteiger partial charge in [-0.15, -0.1) is 0 Å². The van der Waals surface area contributed by atoms with E-state index in [1.165, 1.54) is 12.1 Å². The van der Waals surface area contributed by atoms with Gasteiger partial charge in [-0.3, -0.25) is 9.59 Å². The van der Waals surface area contributed by atoms with E-state index >= 15 is 0 Å². The van der Waals surface area contributed by atoms with E-state index < -0.39 is 0 Å². The third-order valence-corrected chi connectivity index (χ3v) is 4.25. The summed E-state index contributed by atoms with van der Waals surface area (Å²) in [5, 5.41) is 5.66. The summed E-state index contributed by atoms with van der Waals surface area (Å²) < 4.78 is 12.9. The third kappa shape index (κ3) is 5.77. The predicted molar refractivity (Wildman–Crippen MR) is 108 cm³/mol. The molecule has 3 aromatic rings. The first-order chi connectivity index (χ1) is 13.6. The second kappa shape index (κ2) is 9.46. The second-order valence-corrected chi connectivity index (χ2v) is 6.42. The summed E-state index contributed by atoms with van der Waals surface area (Å²) >= 11 is 0. The highest BCUT2D eigenvalue weighted by molar-refractivity contribution is 5.96. The normalized spacial score (nSPS) is 10.3. The molecule has 3 aromatic carbocycles. The summed E-state index contributed by atoms with van der Waals surface area (Å²) in [6, 6.07) is 22.5. The van der Waals surface area contributed by atoms with E-state index in [1.54, 1.807) is 36.4 Å². The van der Waals surface area contributed by atoms with Gasteiger partial charge in [0.25, 0.3) is 5.91 Å². The highest BCUT2D eigenvalue weighted by Crippen LogP contribution is 2.11. The lowest BCUT2D eigenvalue weighted by Crippen LogP contribution is -2.25. The van der Waals surface area contributed by atoms with E-state index in [2.05, 4.69) is 10.6 Å². The first kappa shape index (κ1) is 19.3. The van der Waals surface area contributed by atoms with Crippen molar-refractivity contribution in [3.05, 3.63) is 101 Å². The Kier molecular flexibility index (Phi) is 6.52. The Morgan fingerprint density at radius 2 is 1.46 bits per heavy atom. The molecule has 3 rings (SSSR count). The Labute approximate surface area is 163 Å². The fourth-order valence-electron chi connectivity index (χ4n) is 2.76. The molecule has 0 saturated carbocycles. The zero-order chi connectivity index (χ0) is 19.8. The minimum atomic E-state index is -0.274. The van der Waals surface area contributed by atoms with E-state index in [9.17, 15) is 14.0 Å². The van der Waals surface area contributed by atoms with Crippen molar-refractivity contribution in [3.8, 4) is 0 Å². The molecule has 2 N–H and O–H groups in total. The lowest BCUT2D eigenvalue weighted by atomic mass is 10.1.